The van der Waals surface area contributed by atoms with Crippen LogP contribution in [0.25, 0.3) is 0 Å². The van der Waals surface area contributed by atoms with Gasteiger partial charge in [0.2, 0.25) is 0 Å². The van der Waals surface area contributed by atoms with Gasteiger partial charge in [-0.2, -0.15) is 0 Å². The van der Waals surface area contributed by atoms with E-state index >= 15 is 0 Å². The molecule has 0 spiro atoms. The van der Waals surface area contributed by atoms with Gasteiger partial charge in [-0.1, -0.05) is 35.9 Å². The molecule has 0 amide bonds. The van der Waals surface area contributed by atoms with E-state index in [1.807, 2.05) is 6.07 Å². The van der Waals surface area contributed by atoms with Crippen molar-refractivity contribution < 1.29 is 5.11 Å². The summed E-state index contributed by atoms with van der Waals surface area (Å²) in [7, 11) is 8.22. The Morgan fingerprint density at radius 2 is 1.24 bits per heavy atom. The molecular weight excluding hydrogens is 444 g/mol. The first-order chi connectivity index (χ1) is 16.3. The highest BCUT2D eigenvalue weighted by Crippen LogP contribution is 2.38. The molecule has 3 aromatic rings. The number of benzene rings is 3. The molecule has 34 heavy (non-hydrogen) atoms. The standard InChI is InChI=1S/C28H35ClN4O/c1-30(2)24-11-6-21(7-12-24)19-32-16-5-17-33(20-22-8-13-25(14-9-22)31(3)4)28(32)26-18-23(29)10-15-27(26)34/h6-15,18,28,34H,5,16-17,19-20H2,1-4H3. The fourth-order valence-electron chi connectivity index (χ4n) is 4.68. The van der Waals surface area contributed by atoms with Gasteiger partial charge in [-0.25, -0.2) is 0 Å². The third-order valence-corrected chi connectivity index (χ3v) is 6.76. The van der Waals surface area contributed by atoms with Crippen LogP contribution in [0.15, 0.2) is 66.7 Å². The summed E-state index contributed by atoms with van der Waals surface area (Å²) in [6, 6.07) is 22.8. The minimum absolute atomic E-state index is 0.0606. The Morgan fingerprint density at radius 3 is 1.68 bits per heavy atom. The van der Waals surface area contributed by atoms with Crippen molar-refractivity contribution in [3.05, 3.63) is 88.4 Å². The Bertz CT molecular complexity index is 1020. The van der Waals surface area contributed by atoms with Gasteiger partial charge in [0.25, 0.3) is 0 Å². The molecule has 0 radical (unpaired) electrons. The molecule has 0 saturated carbocycles. The van der Waals surface area contributed by atoms with Crippen LogP contribution < -0.4 is 9.80 Å². The van der Waals surface area contributed by atoms with Crippen LogP contribution in [0.5, 0.6) is 5.75 Å². The summed E-state index contributed by atoms with van der Waals surface area (Å²) in [6.07, 6.45) is 1.01. The third-order valence-electron chi connectivity index (χ3n) is 6.53. The van der Waals surface area contributed by atoms with E-state index < -0.39 is 0 Å². The first-order valence-corrected chi connectivity index (χ1v) is 12.2. The van der Waals surface area contributed by atoms with E-state index in [1.165, 1.54) is 22.5 Å². The zero-order chi connectivity index (χ0) is 24.2. The molecule has 1 N–H and O–H groups in total. The molecule has 1 aliphatic heterocycles. The molecule has 5 nitrogen and oxygen atoms in total. The van der Waals surface area contributed by atoms with Crippen LogP contribution in [-0.4, -0.2) is 56.2 Å². The molecule has 1 heterocycles. The van der Waals surface area contributed by atoms with Crippen molar-refractivity contribution in [2.24, 2.45) is 0 Å². The summed E-state index contributed by atoms with van der Waals surface area (Å²) < 4.78 is 0. The van der Waals surface area contributed by atoms with E-state index in [0.29, 0.717) is 5.02 Å². The van der Waals surface area contributed by atoms with Crippen molar-refractivity contribution in [1.82, 2.24) is 9.80 Å². The van der Waals surface area contributed by atoms with Gasteiger partial charge in [-0.15, -0.1) is 0 Å². The maximum Gasteiger partial charge on any atom is 0.121 e. The first kappa shape index (κ1) is 24.4. The SMILES string of the molecule is CN(C)c1ccc(CN2CCCN(Cc3ccc(N(C)C)cc3)C2c2cc(Cl)ccc2O)cc1. The first-order valence-electron chi connectivity index (χ1n) is 11.8. The Balaban J connectivity index is 1.63. The molecule has 0 unspecified atom stereocenters. The number of aromatic hydroxyl groups is 1. The molecule has 180 valence electrons. The summed E-state index contributed by atoms with van der Waals surface area (Å²) in [4.78, 5) is 9.13. The van der Waals surface area contributed by atoms with Crippen molar-refractivity contribution in [3.8, 4) is 5.75 Å². The number of hydrogen-bond acceptors (Lipinski definition) is 5. The number of halogens is 1. The second kappa shape index (κ2) is 10.7. The molecule has 0 atom stereocenters. The number of nitrogens with zero attached hydrogens (tertiary/aromatic N) is 4. The van der Waals surface area contributed by atoms with Crippen molar-refractivity contribution in [3.63, 3.8) is 0 Å². The van der Waals surface area contributed by atoms with Crippen LogP contribution in [-0.2, 0) is 13.1 Å². The molecule has 0 aromatic heterocycles. The summed E-state index contributed by atoms with van der Waals surface area (Å²) in [5, 5.41) is 11.5. The molecule has 3 aromatic carbocycles. The quantitative estimate of drug-likeness (QED) is 0.479. The fraction of sp³-hybridized carbons (Fsp3) is 0.357. The minimum atomic E-state index is -0.0606. The topological polar surface area (TPSA) is 33.2 Å². The van der Waals surface area contributed by atoms with Crippen LogP contribution in [0.3, 0.4) is 0 Å². The van der Waals surface area contributed by atoms with Gasteiger partial charge in [0.15, 0.2) is 0 Å². The van der Waals surface area contributed by atoms with Gasteiger partial charge in [0, 0.05) is 76.3 Å². The highest BCUT2D eigenvalue weighted by Gasteiger charge is 2.32. The van der Waals surface area contributed by atoms with Crippen molar-refractivity contribution in [2.45, 2.75) is 25.7 Å². The van der Waals surface area contributed by atoms with Crippen LogP contribution in [0.1, 0.15) is 29.3 Å². The van der Waals surface area contributed by atoms with Crippen LogP contribution in [0.4, 0.5) is 11.4 Å². The van der Waals surface area contributed by atoms with Crippen molar-refractivity contribution >= 4 is 23.0 Å². The normalized spacial score (nSPS) is 15.4. The molecule has 0 aliphatic carbocycles. The lowest BCUT2D eigenvalue weighted by Gasteiger charge is -2.44. The summed E-state index contributed by atoms with van der Waals surface area (Å²) in [6.45, 7) is 3.53. The smallest absolute Gasteiger partial charge is 0.121 e. The fourth-order valence-corrected chi connectivity index (χ4v) is 4.86. The van der Waals surface area contributed by atoms with Gasteiger partial charge in [-0.3, -0.25) is 9.80 Å². The Hall–Kier alpha value is -2.73. The third kappa shape index (κ3) is 5.66. The Labute approximate surface area is 208 Å². The highest BCUT2D eigenvalue weighted by atomic mass is 35.5. The molecule has 1 aliphatic rings. The monoisotopic (exact) mass is 478 g/mol. The van der Waals surface area contributed by atoms with Crippen molar-refractivity contribution in [1.29, 1.82) is 0 Å². The molecule has 4 rings (SSSR count). The van der Waals surface area contributed by atoms with Gasteiger partial charge < -0.3 is 14.9 Å². The highest BCUT2D eigenvalue weighted by molar-refractivity contribution is 6.30. The molecule has 1 fully saturated rings. The van der Waals surface area contributed by atoms with Crippen molar-refractivity contribution in [2.75, 3.05) is 51.1 Å². The minimum Gasteiger partial charge on any atom is -0.508 e. The van der Waals surface area contributed by atoms with E-state index in [4.69, 9.17) is 11.6 Å². The lowest BCUT2D eigenvalue weighted by molar-refractivity contribution is -0.0103. The van der Waals surface area contributed by atoms with E-state index in [2.05, 4.69) is 96.3 Å². The molecule has 1 saturated heterocycles. The second-order valence-corrected chi connectivity index (χ2v) is 9.93. The molecule has 0 bridgehead atoms. The molecule has 6 heteroatoms. The zero-order valence-corrected chi connectivity index (χ0v) is 21.3. The van der Waals surface area contributed by atoms with Crippen LogP contribution in [0.2, 0.25) is 5.02 Å². The maximum atomic E-state index is 10.8. The lowest BCUT2D eigenvalue weighted by atomic mass is 10.0. The maximum absolute atomic E-state index is 10.8. The number of phenols is 1. The Kier molecular flexibility index (Phi) is 7.67. The summed E-state index contributed by atoms with van der Waals surface area (Å²) in [5.41, 5.74) is 5.76. The molecular formula is C28H35ClN4O. The van der Waals surface area contributed by atoms with Gasteiger partial charge in [-0.05, 0) is 60.0 Å². The number of anilines is 2. The van der Waals surface area contributed by atoms with E-state index in [1.54, 1.807) is 12.1 Å². The van der Waals surface area contributed by atoms with Gasteiger partial charge >= 0.3 is 0 Å². The summed E-state index contributed by atoms with van der Waals surface area (Å²) in [5.74, 6) is 0.289. The largest absolute Gasteiger partial charge is 0.508 e. The number of hydrogen-bond donors (Lipinski definition) is 1. The second-order valence-electron chi connectivity index (χ2n) is 9.49. The zero-order valence-electron chi connectivity index (χ0n) is 20.6. The average Bonchev–Trinajstić information content (AvgIpc) is 2.82. The predicted molar refractivity (Wildman–Crippen MR) is 143 cm³/mol. The Morgan fingerprint density at radius 1 is 0.765 bits per heavy atom. The van der Waals surface area contributed by atoms with Gasteiger partial charge in [0.1, 0.15) is 5.75 Å². The predicted octanol–water partition coefficient (Wildman–Crippen LogP) is 5.58. The van der Waals surface area contributed by atoms with E-state index in [9.17, 15) is 5.11 Å². The average molecular weight is 479 g/mol. The van der Waals surface area contributed by atoms with Crippen LogP contribution in [0, 0.1) is 0 Å². The lowest BCUT2D eigenvalue weighted by Crippen LogP contribution is -2.46. The van der Waals surface area contributed by atoms with E-state index in [-0.39, 0.29) is 11.9 Å². The van der Waals surface area contributed by atoms with Gasteiger partial charge in [0.05, 0.1) is 6.17 Å². The summed E-state index contributed by atoms with van der Waals surface area (Å²) >= 11 is 6.39. The van der Waals surface area contributed by atoms with Crippen LogP contribution >= 0.6 is 11.6 Å². The number of rotatable bonds is 7. The number of phenolic OH excluding ortho intramolecular Hbond substituents is 1. The van der Waals surface area contributed by atoms with E-state index in [0.717, 1.165) is 38.2 Å².